The van der Waals surface area contributed by atoms with Crippen LogP contribution in [0, 0.1) is 25.5 Å². The van der Waals surface area contributed by atoms with Crippen molar-refractivity contribution in [1.29, 1.82) is 0 Å². The van der Waals surface area contributed by atoms with E-state index in [1.165, 1.54) is 51.5 Å². The van der Waals surface area contributed by atoms with Crippen LogP contribution in [-0.4, -0.2) is 58.8 Å². The van der Waals surface area contributed by atoms with Gasteiger partial charge in [0, 0.05) is 43.2 Å². The van der Waals surface area contributed by atoms with Gasteiger partial charge in [-0.1, -0.05) is 0 Å². The van der Waals surface area contributed by atoms with Gasteiger partial charge in [0.15, 0.2) is 5.82 Å². The van der Waals surface area contributed by atoms with E-state index in [1.807, 2.05) is 0 Å². The summed E-state index contributed by atoms with van der Waals surface area (Å²) < 4.78 is 46.4. The number of halogens is 2. The molecule has 0 atom stereocenters. The number of nitrogens with zero attached hydrogens (tertiary/aromatic N) is 7. The summed E-state index contributed by atoms with van der Waals surface area (Å²) in [5, 5.41) is 8.95. The molecule has 0 fully saturated rings. The lowest BCUT2D eigenvalue weighted by Gasteiger charge is -2.29. The molecule has 13 heteroatoms. The van der Waals surface area contributed by atoms with E-state index in [0.717, 1.165) is 0 Å². The minimum atomic E-state index is -0.688. The minimum Gasteiger partial charge on any atom is -0.480 e. The molecule has 1 aliphatic rings. The van der Waals surface area contributed by atoms with Gasteiger partial charge in [0.2, 0.25) is 5.88 Å². The molecular formula is C30H31F2N7O4. The Morgan fingerprint density at radius 3 is 2.35 bits per heavy atom. The number of hydrogen-bond acceptors (Lipinski definition) is 6. The lowest BCUT2D eigenvalue weighted by Crippen LogP contribution is -2.40. The molecule has 0 saturated heterocycles. The highest BCUT2D eigenvalue weighted by Gasteiger charge is 2.32. The highest BCUT2D eigenvalue weighted by molar-refractivity contribution is 5.69. The molecule has 5 heterocycles. The molecule has 1 amide bonds. The zero-order valence-electron chi connectivity index (χ0n) is 24.7. The number of aryl methyl sites for hydroxylation is 2. The lowest BCUT2D eigenvalue weighted by molar-refractivity contribution is 0.0223. The van der Waals surface area contributed by atoms with Gasteiger partial charge in [0.05, 0.1) is 30.7 Å². The Morgan fingerprint density at radius 2 is 1.67 bits per heavy atom. The van der Waals surface area contributed by atoms with Crippen LogP contribution in [0.15, 0.2) is 47.7 Å². The highest BCUT2D eigenvalue weighted by atomic mass is 19.1. The van der Waals surface area contributed by atoms with Crippen molar-refractivity contribution in [3.05, 3.63) is 87.4 Å². The largest absolute Gasteiger partial charge is 0.480 e. The average molecular weight is 592 g/mol. The van der Waals surface area contributed by atoms with Crippen molar-refractivity contribution in [3.63, 3.8) is 0 Å². The van der Waals surface area contributed by atoms with E-state index in [-0.39, 0.29) is 29.4 Å². The van der Waals surface area contributed by atoms with Crippen LogP contribution in [0.2, 0.25) is 0 Å². The number of hydrogen-bond donors (Lipinski definition) is 0. The van der Waals surface area contributed by atoms with Crippen LogP contribution in [0.5, 0.6) is 5.88 Å². The molecule has 6 rings (SSSR count). The van der Waals surface area contributed by atoms with E-state index in [1.54, 1.807) is 56.3 Å². The van der Waals surface area contributed by atoms with E-state index in [4.69, 9.17) is 14.6 Å². The topological polar surface area (TPSA) is 101 Å². The first-order valence-corrected chi connectivity index (χ1v) is 13.7. The number of pyridine rings is 1. The molecule has 1 aliphatic heterocycles. The first-order valence-electron chi connectivity index (χ1n) is 13.7. The van der Waals surface area contributed by atoms with Crippen LogP contribution in [0.1, 0.15) is 43.2 Å². The smallest absolute Gasteiger partial charge is 0.410 e. The van der Waals surface area contributed by atoms with Gasteiger partial charge in [0.25, 0.3) is 0 Å². The van der Waals surface area contributed by atoms with Crippen LogP contribution in [-0.2, 0) is 17.7 Å². The molecule has 0 saturated carbocycles. The van der Waals surface area contributed by atoms with Gasteiger partial charge in [0.1, 0.15) is 22.8 Å². The van der Waals surface area contributed by atoms with Crippen molar-refractivity contribution in [3.8, 4) is 23.1 Å². The van der Waals surface area contributed by atoms with Gasteiger partial charge < -0.3 is 14.4 Å². The van der Waals surface area contributed by atoms with Crippen LogP contribution in [0.4, 0.5) is 13.6 Å². The summed E-state index contributed by atoms with van der Waals surface area (Å²) in [7, 11) is 1.43. The van der Waals surface area contributed by atoms with Crippen molar-refractivity contribution in [2.75, 3.05) is 13.7 Å². The number of ether oxygens (including phenoxy) is 2. The number of fused-ring (bicyclic) bond motifs is 2. The quantitative estimate of drug-likeness (QED) is 0.302. The Kier molecular flexibility index (Phi) is 6.62. The Morgan fingerprint density at radius 1 is 0.977 bits per heavy atom. The second kappa shape index (κ2) is 10.1. The third kappa shape index (κ3) is 4.84. The molecule has 43 heavy (non-hydrogen) atoms. The number of carbonyl (C=O) groups is 1. The Balaban J connectivity index is 1.51. The first kappa shape index (κ1) is 28.2. The summed E-state index contributed by atoms with van der Waals surface area (Å²) in [5.41, 5.74) is 1.60. The van der Waals surface area contributed by atoms with Crippen molar-refractivity contribution >= 4 is 11.6 Å². The molecule has 5 aromatic rings. The van der Waals surface area contributed by atoms with E-state index >= 15 is 4.39 Å². The minimum absolute atomic E-state index is 0.0163. The fourth-order valence-corrected chi connectivity index (χ4v) is 5.32. The molecule has 0 radical (unpaired) electrons. The normalized spacial score (nSPS) is 13.4. The summed E-state index contributed by atoms with van der Waals surface area (Å²) in [6.45, 7) is 9.20. The highest BCUT2D eigenvalue weighted by Crippen LogP contribution is 2.30. The maximum Gasteiger partial charge on any atom is 0.410 e. The molecule has 224 valence electrons. The summed E-state index contributed by atoms with van der Waals surface area (Å²) in [5.74, 6) is -0.389. The first-order chi connectivity index (χ1) is 20.4. The second-order valence-corrected chi connectivity index (χ2v) is 11.6. The van der Waals surface area contributed by atoms with Crippen LogP contribution in [0.3, 0.4) is 0 Å². The molecular weight excluding hydrogens is 560 g/mol. The lowest BCUT2D eigenvalue weighted by atomic mass is 10.1. The number of rotatable bonds is 4. The summed E-state index contributed by atoms with van der Waals surface area (Å²) in [6, 6.07) is 6.19. The molecule has 0 unspecified atom stereocenters. The second-order valence-electron chi connectivity index (χ2n) is 11.6. The van der Waals surface area contributed by atoms with Crippen molar-refractivity contribution < 1.29 is 23.0 Å². The van der Waals surface area contributed by atoms with E-state index in [2.05, 4.69) is 5.10 Å². The van der Waals surface area contributed by atoms with Crippen molar-refractivity contribution in [2.45, 2.75) is 53.2 Å². The molecule has 11 nitrogen and oxygen atoms in total. The van der Waals surface area contributed by atoms with Crippen molar-refractivity contribution in [2.24, 2.45) is 0 Å². The number of amides is 1. The monoisotopic (exact) mass is 591 g/mol. The molecule has 0 bridgehead atoms. The number of benzene rings is 1. The summed E-state index contributed by atoms with van der Waals surface area (Å²) in [6.07, 6.45) is 4.45. The van der Waals surface area contributed by atoms with Gasteiger partial charge in [-0.15, -0.1) is 5.10 Å². The Bertz CT molecular complexity index is 1940. The predicted molar refractivity (Wildman–Crippen MR) is 154 cm³/mol. The van der Waals surface area contributed by atoms with Crippen LogP contribution in [0.25, 0.3) is 22.7 Å². The zero-order valence-corrected chi connectivity index (χ0v) is 24.7. The molecule has 1 aromatic carbocycles. The van der Waals surface area contributed by atoms with Gasteiger partial charge >= 0.3 is 11.8 Å². The molecule has 0 aliphatic carbocycles. The van der Waals surface area contributed by atoms with E-state index in [0.29, 0.717) is 46.9 Å². The number of aromatic nitrogens is 6. The summed E-state index contributed by atoms with van der Waals surface area (Å²) in [4.78, 5) is 28.5. The Hall–Kier alpha value is -4.94. The number of methoxy groups -OCH3 is 1. The van der Waals surface area contributed by atoms with Gasteiger partial charge in [-0.3, -0.25) is 9.13 Å². The van der Waals surface area contributed by atoms with Gasteiger partial charge in [-0.25, -0.2) is 27.6 Å². The maximum atomic E-state index is 15.7. The number of carbonyl (C=O) groups excluding carboxylic acids is 1. The van der Waals surface area contributed by atoms with Crippen LogP contribution >= 0.6 is 0 Å². The molecule has 0 spiro atoms. The molecule has 4 aromatic heterocycles. The van der Waals surface area contributed by atoms with Gasteiger partial charge in [-0.05, 0) is 63.9 Å². The average Bonchev–Trinajstić information content (AvgIpc) is 3.65. The fourth-order valence-electron chi connectivity index (χ4n) is 5.32. The van der Waals surface area contributed by atoms with Crippen molar-refractivity contribution in [1.82, 2.24) is 33.4 Å². The van der Waals surface area contributed by atoms with E-state index in [9.17, 15) is 14.0 Å². The van der Waals surface area contributed by atoms with Crippen LogP contribution < -0.4 is 10.4 Å². The SMILES string of the molecule is COc1cc2c(F)c(-n3ccn(-c4c5c(nn4-c4cc(C)c(F)c(C)c4)CCN(C(=O)OC(C)(C)C)C5)c3=O)ccn2n1. The predicted octanol–water partition coefficient (Wildman–Crippen LogP) is 4.66. The summed E-state index contributed by atoms with van der Waals surface area (Å²) >= 11 is 0. The Labute approximate surface area is 245 Å². The standard InChI is InChI=1S/C30H31F2N7O4/c1-17-13-19(14-18(2)25(17)31)39-27(20-16-35(9-7-21(20)33-39)29(41)43-30(3,4)5)37-12-11-36(28(37)40)22-8-10-38-23(26(22)32)15-24(34-38)42-6/h8,10-15H,7,9,16H2,1-6H3. The number of imidazole rings is 1. The third-order valence-corrected chi connectivity index (χ3v) is 7.34. The fraction of sp³-hybridized carbons (Fsp3) is 0.333. The third-order valence-electron chi connectivity index (χ3n) is 7.34. The maximum absolute atomic E-state index is 15.7. The van der Waals surface area contributed by atoms with E-state index < -0.39 is 23.2 Å². The molecule has 0 N–H and O–H groups in total. The zero-order chi connectivity index (χ0) is 30.8. The van der Waals surface area contributed by atoms with Gasteiger partial charge in [-0.2, -0.15) is 5.10 Å².